The number of carbonyl (C=O) groups excluding carboxylic acids is 2. The van der Waals surface area contributed by atoms with Crippen LogP contribution in [-0.2, 0) is 4.79 Å². The third kappa shape index (κ3) is 5.46. The van der Waals surface area contributed by atoms with Gasteiger partial charge >= 0.3 is 0 Å². The Bertz CT molecular complexity index is 740. The Morgan fingerprint density at radius 1 is 1.04 bits per heavy atom. The van der Waals surface area contributed by atoms with Crippen molar-refractivity contribution in [3.8, 4) is 0 Å². The zero-order valence-electron chi connectivity index (χ0n) is 14.6. The van der Waals surface area contributed by atoms with Gasteiger partial charge in [-0.2, -0.15) is 5.10 Å². The zero-order valence-corrected chi connectivity index (χ0v) is 14.6. The molecule has 0 aliphatic heterocycles. The molecule has 6 nitrogen and oxygen atoms in total. The van der Waals surface area contributed by atoms with E-state index in [1.54, 1.807) is 37.4 Å². The second kappa shape index (κ2) is 8.63. The number of nitrogens with one attached hydrogen (secondary N) is 2. The first-order valence-corrected chi connectivity index (χ1v) is 7.93. The summed E-state index contributed by atoms with van der Waals surface area (Å²) in [7, 11) is 3.93. The average molecular weight is 338 g/mol. The molecule has 0 aliphatic carbocycles. The molecule has 2 rings (SSSR count). The van der Waals surface area contributed by atoms with Gasteiger partial charge in [0.2, 0.25) is 0 Å². The fourth-order valence-corrected chi connectivity index (χ4v) is 2.06. The van der Waals surface area contributed by atoms with E-state index < -0.39 is 6.04 Å². The Kier molecular flexibility index (Phi) is 6.28. The molecule has 6 heteroatoms. The molecule has 1 atom stereocenters. The first-order valence-electron chi connectivity index (χ1n) is 7.93. The maximum atomic E-state index is 12.0. The minimum absolute atomic E-state index is 0.300. The van der Waals surface area contributed by atoms with Gasteiger partial charge in [-0.1, -0.05) is 30.3 Å². The van der Waals surface area contributed by atoms with Crippen molar-refractivity contribution in [1.82, 2.24) is 10.7 Å². The van der Waals surface area contributed by atoms with Gasteiger partial charge in [-0.05, 0) is 36.8 Å². The van der Waals surface area contributed by atoms with Crippen LogP contribution < -0.4 is 15.6 Å². The van der Waals surface area contributed by atoms with Crippen LogP contribution in [0.15, 0.2) is 59.7 Å². The summed E-state index contributed by atoms with van der Waals surface area (Å²) < 4.78 is 0. The third-order valence-electron chi connectivity index (χ3n) is 3.57. The van der Waals surface area contributed by atoms with Gasteiger partial charge in [0.1, 0.15) is 6.04 Å². The number of rotatable bonds is 6. The minimum atomic E-state index is -0.694. The number of hydrogen-bond acceptors (Lipinski definition) is 4. The van der Waals surface area contributed by atoms with Crippen LogP contribution in [0.1, 0.15) is 22.8 Å². The summed E-state index contributed by atoms with van der Waals surface area (Å²) in [5.41, 5.74) is 4.89. The molecule has 0 bridgehead atoms. The lowest BCUT2D eigenvalue weighted by Crippen LogP contribution is -2.43. The van der Waals surface area contributed by atoms with Crippen molar-refractivity contribution < 1.29 is 9.59 Å². The number of nitrogens with zero attached hydrogens (tertiary/aromatic N) is 2. The van der Waals surface area contributed by atoms with Gasteiger partial charge < -0.3 is 10.2 Å². The maximum Gasteiger partial charge on any atom is 0.262 e. The van der Waals surface area contributed by atoms with Crippen LogP contribution in [0.3, 0.4) is 0 Å². The van der Waals surface area contributed by atoms with Crippen LogP contribution in [0, 0.1) is 0 Å². The van der Waals surface area contributed by atoms with Crippen LogP contribution in [0.4, 0.5) is 5.69 Å². The van der Waals surface area contributed by atoms with E-state index in [-0.39, 0.29) is 11.8 Å². The van der Waals surface area contributed by atoms with Crippen LogP contribution in [-0.4, -0.2) is 38.2 Å². The molecule has 25 heavy (non-hydrogen) atoms. The number of hydrogen-bond donors (Lipinski definition) is 2. The summed E-state index contributed by atoms with van der Waals surface area (Å²) >= 11 is 0. The average Bonchev–Trinajstić information content (AvgIpc) is 2.62. The van der Waals surface area contributed by atoms with Crippen molar-refractivity contribution in [2.45, 2.75) is 13.0 Å². The monoisotopic (exact) mass is 338 g/mol. The molecule has 2 amide bonds. The number of carbonyl (C=O) groups is 2. The van der Waals surface area contributed by atoms with E-state index in [4.69, 9.17) is 0 Å². The fourth-order valence-electron chi connectivity index (χ4n) is 2.06. The summed E-state index contributed by atoms with van der Waals surface area (Å²) in [6.07, 6.45) is 1.56. The van der Waals surface area contributed by atoms with Gasteiger partial charge in [0.25, 0.3) is 11.8 Å². The molecule has 0 saturated heterocycles. The van der Waals surface area contributed by atoms with Crippen LogP contribution in [0.25, 0.3) is 0 Å². The molecule has 0 aliphatic rings. The summed E-state index contributed by atoms with van der Waals surface area (Å²) in [5, 5.41) is 6.56. The summed E-state index contributed by atoms with van der Waals surface area (Å²) in [6.45, 7) is 1.61. The van der Waals surface area contributed by atoms with E-state index in [2.05, 4.69) is 15.8 Å². The smallest absolute Gasteiger partial charge is 0.262 e. The molecule has 0 saturated carbocycles. The number of benzene rings is 2. The Balaban J connectivity index is 1.85. The van der Waals surface area contributed by atoms with Gasteiger partial charge in [-0.15, -0.1) is 0 Å². The molecule has 2 aromatic rings. The fraction of sp³-hybridized carbons (Fsp3) is 0.211. The van der Waals surface area contributed by atoms with Crippen molar-refractivity contribution in [2.24, 2.45) is 5.10 Å². The molecule has 130 valence electrons. The highest BCUT2D eigenvalue weighted by Gasteiger charge is 2.15. The molecular weight excluding hydrogens is 316 g/mol. The molecular formula is C19H22N4O2. The van der Waals surface area contributed by atoms with Crippen molar-refractivity contribution in [3.63, 3.8) is 0 Å². The van der Waals surface area contributed by atoms with Crippen molar-refractivity contribution in [3.05, 3.63) is 65.7 Å². The Hall–Kier alpha value is -3.15. The quantitative estimate of drug-likeness (QED) is 0.625. The standard InChI is InChI=1S/C19H22N4O2/c1-14(21-19(25)16-7-5-4-6-8-16)18(24)22-20-13-15-9-11-17(12-10-15)23(2)3/h4-14H,1-3H3,(H,21,25)(H,22,24)/b20-13-/t14-/m0/s1. The lowest BCUT2D eigenvalue weighted by atomic mass is 10.2. The molecule has 0 aromatic heterocycles. The third-order valence-corrected chi connectivity index (χ3v) is 3.57. The zero-order chi connectivity index (χ0) is 18.2. The van der Waals surface area contributed by atoms with Crippen LogP contribution in [0.2, 0.25) is 0 Å². The van der Waals surface area contributed by atoms with E-state index in [0.29, 0.717) is 5.56 Å². The molecule has 0 radical (unpaired) electrons. The highest BCUT2D eigenvalue weighted by atomic mass is 16.2. The second-order valence-electron chi connectivity index (χ2n) is 5.78. The number of anilines is 1. The molecule has 0 spiro atoms. The molecule has 0 heterocycles. The molecule has 2 aromatic carbocycles. The topological polar surface area (TPSA) is 73.8 Å². The van der Waals surface area contributed by atoms with Gasteiger partial charge in [0, 0.05) is 25.3 Å². The first-order chi connectivity index (χ1) is 12.0. The Morgan fingerprint density at radius 3 is 2.28 bits per heavy atom. The summed E-state index contributed by atoms with van der Waals surface area (Å²) in [6, 6.07) is 15.8. The van der Waals surface area contributed by atoms with E-state index in [0.717, 1.165) is 11.3 Å². The van der Waals surface area contributed by atoms with Crippen LogP contribution >= 0.6 is 0 Å². The van der Waals surface area contributed by atoms with Crippen LogP contribution in [0.5, 0.6) is 0 Å². The lowest BCUT2D eigenvalue weighted by molar-refractivity contribution is -0.122. The van der Waals surface area contributed by atoms with Gasteiger partial charge in [0.05, 0.1) is 6.21 Å². The Morgan fingerprint density at radius 2 is 1.68 bits per heavy atom. The van der Waals surface area contributed by atoms with Gasteiger partial charge in [-0.3, -0.25) is 9.59 Å². The van der Waals surface area contributed by atoms with Gasteiger partial charge in [0.15, 0.2) is 0 Å². The largest absolute Gasteiger partial charge is 0.378 e. The predicted molar refractivity (Wildman–Crippen MR) is 99.9 cm³/mol. The van der Waals surface area contributed by atoms with E-state index in [1.807, 2.05) is 49.3 Å². The highest BCUT2D eigenvalue weighted by Crippen LogP contribution is 2.10. The predicted octanol–water partition coefficient (Wildman–Crippen LogP) is 2.02. The van der Waals surface area contributed by atoms with Crippen molar-refractivity contribution >= 4 is 23.7 Å². The van der Waals surface area contributed by atoms with Gasteiger partial charge in [-0.25, -0.2) is 5.43 Å². The number of amides is 2. The highest BCUT2D eigenvalue weighted by molar-refractivity contribution is 5.97. The molecule has 0 unspecified atom stereocenters. The normalized spacial score (nSPS) is 11.8. The van der Waals surface area contributed by atoms with E-state index in [1.165, 1.54) is 0 Å². The van der Waals surface area contributed by atoms with Crippen molar-refractivity contribution in [2.75, 3.05) is 19.0 Å². The first kappa shape index (κ1) is 18.2. The number of hydrazone groups is 1. The Labute approximate surface area is 147 Å². The molecule has 0 fully saturated rings. The van der Waals surface area contributed by atoms with E-state index in [9.17, 15) is 9.59 Å². The van der Waals surface area contributed by atoms with E-state index >= 15 is 0 Å². The molecule has 2 N–H and O–H groups in total. The maximum absolute atomic E-state index is 12.0. The minimum Gasteiger partial charge on any atom is -0.378 e. The summed E-state index contributed by atoms with van der Waals surface area (Å²) in [5.74, 6) is -0.683. The summed E-state index contributed by atoms with van der Waals surface area (Å²) in [4.78, 5) is 26.0. The SMILES string of the molecule is C[C@H](NC(=O)c1ccccc1)C(=O)N/N=C\c1ccc(N(C)C)cc1. The second-order valence-corrected chi connectivity index (χ2v) is 5.78. The van der Waals surface area contributed by atoms with Crippen molar-refractivity contribution in [1.29, 1.82) is 0 Å². The lowest BCUT2D eigenvalue weighted by Gasteiger charge is -2.12.